The number of benzene rings is 1. The molecule has 1 aliphatic carbocycles. The van der Waals surface area contributed by atoms with E-state index in [0.29, 0.717) is 29.9 Å². The van der Waals surface area contributed by atoms with Crippen LogP contribution in [-0.4, -0.2) is 21.0 Å². The maximum absolute atomic E-state index is 14.2. The number of imidazole rings is 1. The van der Waals surface area contributed by atoms with Crippen LogP contribution in [0, 0.1) is 5.82 Å². The topological polar surface area (TPSA) is 48.7 Å². The lowest BCUT2D eigenvalue weighted by Crippen LogP contribution is -2.09. The third-order valence-corrected chi connectivity index (χ3v) is 6.08. The first-order valence-corrected chi connectivity index (χ1v) is 10.7. The van der Waals surface area contributed by atoms with Crippen LogP contribution in [0.4, 0.5) is 13.2 Å². The molecule has 0 spiro atoms. The summed E-state index contributed by atoms with van der Waals surface area (Å²) in [5.74, 6) is -0.666. The smallest absolute Gasteiger partial charge is 0.387 e. The molecule has 0 fully saturated rings. The molecule has 32 heavy (non-hydrogen) atoms. The van der Waals surface area contributed by atoms with Crippen LogP contribution in [0.25, 0.3) is 5.65 Å². The summed E-state index contributed by atoms with van der Waals surface area (Å²) in [6.07, 6.45) is 5.08. The van der Waals surface area contributed by atoms with Crippen LogP contribution in [0.2, 0.25) is 0 Å². The fraction of sp³-hybridized carbons (Fsp3) is 0.217. The highest BCUT2D eigenvalue weighted by Crippen LogP contribution is 2.48. The Morgan fingerprint density at radius 1 is 1.19 bits per heavy atom. The number of pyridine rings is 2. The Balaban J connectivity index is 1.58. The predicted octanol–water partition coefficient (Wildman–Crippen LogP) is 6.03. The second kappa shape index (κ2) is 8.55. The fourth-order valence-corrected chi connectivity index (χ4v) is 4.49. The summed E-state index contributed by atoms with van der Waals surface area (Å²) in [7, 11) is 0. The summed E-state index contributed by atoms with van der Waals surface area (Å²) in [5, 5.41) is 0. The van der Waals surface area contributed by atoms with Crippen molar-refractivity contribution in [1.82, 2.24) is 14.4 Å². The third kappa shape index (κ3) is 3.86. The van der Waals surface area contributed by atoms with Gasteiger partial charge in [-0.2, -0.15) is 8.78 Å². The number of nitrogens with zero attached hydrogens (tertiary/aromatic N) is 3. The Morgan fingerprint density at radius 3 is 2.81 bits per heavy atom. The maximum Gasteiger partial charge on any atom is 0.387 e. The van der Waals surface area contributed by atoms with Crippen molar-refractivity contribution < 1.29 is 22.6 Å². The zero-order valence-corrected chi connectivity index (χ0v) is 18.2. The van der Waals surface area contributed by atoms with Gasteiger partial charge in [0.15, 0.2) is 0 Å². The molecule has 5 rings (SSSR count). The first-order chi connectivity index (χ1) is 15.5. The minimum Gasteiger partial charge on any atom is -0.435 e. The zero-order chi connectivity index (χ0) is 22.2. The van der Waals surface area contributed by atoms with Crippen LogP contribution in [-0.2, 0) is 11.3 Å². The van der Waals surface area contributed by atoms with Crippen molar-refractivity contribution in [2.75, 3.05) is 0 Å². The quantitative estimate of drug-likeness (QED) is 0.322. The summed E-state index contributed by atoms with van der Waals surface area (Å²) < 4.78 is 53.3. The van der Waals surface area contributed by atoms with E-state index in [2.05, 4.69) is 25.9 Å². The van der Waals surface area contributed by atoms with Crippen molar-refractivity contribution in [3.05, 3.63) is 93.9 Å². The summed E-state index contributed by atoms with van der Waals surface area (Å²) in [6, 6.07) is 11.8. The number of para-hydroxylation sites is 1. The highest BCUT2D eigenvalue weighted by Gasteiger charge is 2.39. The van der Waals surface area contributed by atoms with Crippen molar-refractivity contribution in [3.63, 3.8) is 0 Å². The predicted molar refractivity (Wildman–Crippen MR) is 114 cm³/mol. The van der Waals surface area contributed by atoms with Crippen molar-refractivity contribution in [1.29, 1.82) is 0 Å². The van der Waals surface area contributed by atoms with E-state index in [1.807, 2.05) is 12.1 Å². The Bertz CT molecular complexity index is 1270. The average Bonchev–Trinajstić information content (AvgIpc) is 3.31. The summed E-state index contributed by atoms with van der Waals surface area (Å²) in [4.78, 5) is 8.72. The van der Waals surface area contributed by atoms with Gasteiger partial charge in [0.1, 0.15) is 23.3 Å². The van der Waals surface area contributed by atoms with E-state index < -0.39 is 18.5 Å². The molecule has 0 saturated carbocycles. The number of alkyl halides is 2. The maximum atomic E-state index is 14.2. The van der Waals surface area contributed by atoms with Crippen LogP contribution >= 0.6 is 15.9 Å². The average molecular weight is 504 g/mol. The summed E-state index contributed by atoms with van der Waals surface area (Å²) >= 11 is 3.22. The first kappa shape index (κ1) is 21.0. The van der Waals surface area contributed by atoms with Gasteiger partial charge in [0, 0.05) is 36.1 Å². The Labute approximate surface area is 190 Å². The molecular weight excluding hydrogens is 487 g/mol. The molecule has 9 heteroatoms. The van der Waals surface area contributed by atoms with Crippen LogP contribution < -0.4 is 4.74 Å². The molecule has 164 valence electrons. The Morgan fingerprint density at radius 2 is 2.03 bits per heavy atom. The van der Waals surface area contributed by atoms with Gasteiger partial charge in [-0.15, -0.1) is 0 Å². The molecule has 2 atom stereocenters. The fourth-order valence-electron chi connectivity index (χ4n) is 4.17. The van der Waals surface area contributed by atoms with Crippen LogP contribution in [0.15, 0.2) is 65.5 Å². The van der Waals surface area contributed by atoms with E-state index >= 15 is 0 Å². The summed E-state index contributed by atoms with van der Waals surface area (Å²) in [5.41, 5.74) is 3.34. The van der Waals surface area contributed by atoms with Crippen LogP contribution in [0.3, 0.4) is 0 Å². The van der Waals surface area contributed by atoms with Crippen molar-refractivity contribution in [2.24, 2.45) is 0 Å². The molecule has 0 saturated heterocycles. The van der Waals surface area contributed by atoms with Gasteiger partial charge in [0.25, 0.3) is 0 Å². The second-order valence-electron chi connectivity index (χ2n) is 7.45. The van der Waals surface area contributed by atoms with Gasteiger partial charge in [-0.25, -0.2) is 9.37 Å². The van der Waals surface area contributed by atoms with Gasteiger partial charge in [-0.3, -0.25) is 4.98 Å². The lowest BCUT2D eigenvalue weighted by atomic mass is 9.95. The number of ether oxygens (including phenoxy) is 2. The van der Waals surface area contributed by atoms with Gasteiger partial charge in [0.05, 0.1) is 22.5 Å². The molecular formula is C23H17BrF3N3O2. The highest BCUT2D eigenvalue weighted by molar-refractivity contribution is 9.10. The monoisotopic (exact) mass is 503 g/mol. The van der Waals surface area contributed by atoms with Crippen molar-refractivity contribution in [2.45, 2.75) is 31.7 Å². The van der Waals surface area contributed by atoms with Crippen LogP contribution in [0.1, 0.15) is 41.0 Å². The molecule has 3 heterocycles. The number of fused-ring (bicyclic) bond motifs is 3. The third-order valence-electron chi connectivity index (χ3n) is 5.50. The minimum absolute atomic E-state index is 0.0995. The second-order valence-corrected chi connectivity index (χ2v) is 8.30. The lowest BCUT2D eigenvalue weighted by molar-refractivity contribution is -0.0506. The van der Waals surface area contributed by atoms with Crippen LogP contribution in [0.5, 0.6) is 5.75 Å². The molecule has 0 N–H and O–H groups in total. The van der Waals surface area contributed by atoms with Gasteiger partial charge in [-0.1, -0.05) is 24.3 Å². The van der Waals surface area contributed by atoms with E-state index in [1.54, 1.807) is 41.2 Å². The number of rotatable bonds is 6. The highest BCUT2D eigenvalue weighted by atomic mass is 79.9. The molecule has 0 radical (unpaired) electrons. The molecule has 0 bridgehead atoms. The molecule has 4 aromatic rings. The number of aromatic nitrogens is 3. The minimum atomic E-state index is -2.94. The van der Waals surface area contributed by atoms with Gasteiger partial charge in [0.2, 0.25) is 0 Å². The lowest BCUT2D eigenvalue weighted by Gasteiger charge is -2.18. The number of hydrogen-bond donors (Lipinski definition) is 0. The molecule has 0 aliphatic heterocycles. The molecule has 3 aromatic heterocycles. The van der Waals surface area contributed by atoms with Gasteiger partial charge >= 0.3 is 6.61 Å². The van der Waals surface area contributed by atoms with Gasteiger partial charge in [-0.05, 0) is 40.0 Å². The number of halogens is 4. The summed E-state index contributed by atoms with van der Waals surface area (Å²) in [6.45, 7) is -2.63. The number of hydrogen-bond acceptors (Lipinski definition) is 4. The normalized spacial score (nSPS) is 17.8. The van der Waals surface area contributed by atoms with Crippen molar-refractivity contribution in [3.8, 4) is 5.75 Å². The first-order valence-electron chi connectivity index (χ1n) is 9.92. The largest absolute Gasteiger partial charge is 0.435 e. The molecule has 0 amide bonds. The van der Waals surface area contributed by atoms with Crippen molar-refractivity contribution >= 4 is 21.6 Å². The van der Waals surface area contributed by atoms with E-state index in [9.17, 15) is 13.2 Å². The SMILES string of the molecule is Fc1cc2nc3c(n2cc1Br)[C@@H](c1ccccc1OC(F)F)CC3OCc1cccnc1. The zero-order valence-electron chi connectivity index (χ0n) is 16.6. The molecule has 5 nitrogen and oxygen atoms in total. The van der Waals surface area contributed by atoms with Gasteiger partial charge < -0.3 is 13.9 Å². The molecule has 1 aliphatic rings. The molecule has 1 aromatic carbocycles. The molecule has 1 unspecified atom stereocenters. The van der Waals surface area contributed by atoms with E-state index in [0.717, 1.165) is 11.3 Å². The standard InChI is InChI=1S/C23H17BrF3N3O2/c24-16-11-30-20(9-17(16)25)29-21-19(31-12-13-4-3-7-28-10-13)8-15(22(21)30)14-5-1-2-6-18(14)32-23(26)27/h1-7,9-11,15,19,23H,8,12H2/t15-,19?/m1/s1. The Hall–Kier alpha value is -2.91. The van der Waals surface area contributed by atoms with E-state index in [1.165, 1.54) is 12.1 Å². The Kier molecular flexibility index (Phi) is 5.60. The van der Waals surface area contributed by atoms with E-state index in [-0.39, 0.29) is 16.1 Å². The van der Waals surface area contributed by atoms with E-state index in [4.69, 9.17) is 9.47 Å².